The molecule has 1 saturated carbocycles. The highest BCUT2D eigenvalue weighted by Gasteiger charge is 2.36. The van der Waals surface area contributed by atoms with E-state index in [0.717, 1.165) is 5.56 Å². The number of carbonyl (C=O) groups is 1. The van der Waals surface area contributed by atoms with Crippen molar-refractivity contribution in [3.8, 4) is 5.75 Å². The first kappa shape index (κ1) is 16.7. The third-order valence-electron chi connectivity index (χ3n) is 4.25. The van der Waals surface area contributed by atoms with Gasteiger partial charge in [0.15, 0.2) is 0 Å². The average Bonchev–Trinajstić information content (AvgIpc) is 2.57. The van der Waals surface area contributed by atoms with Crippen LogP contribution in [0.3, 0.4) is 0 Å². The van der Waals surface area contributed by atoms with Crippen LogP contribution in [-0.4, -0.2) is 34.2 Å². The second-order valence-electron chi connectivity index (χ2n) is 5.85. The average molecular weight is 348 g/mol. The Hall–Kier alpha value is -2.18. The van der Waals surface area contributed by atoms with E-state index in [1.54, 1.807) is 25.6 Å². The monoisotopic (exact) mass is 347 g/mol. The first-order chi connectivity index (χ1) is 11.6. The predicted molar refractivity (Wildman–Crippen MR) is 89.0 cm³/mol. The Bertz CT molecular complexity index is 735. The number of methoxy groups -OCH3 is 1. The van der Waals surface area contributed by atoms with Crippen molar-refractivity contribution in [1.82, 2.24) is 15.3 Å². The van der Waals surface area contributed by atoms with Gasteiger partial charge < -0.3 is 15.2 Å². The van der Waals surface area contributed by atoms with Gasteiger partial charge in [0.05, 0.1) is 36.0 Å². The molecule has 24 heavy (non-hydrogen) atoms. The quantitative estimate of drug-likeness (QED) is 0.867. The van der Waals surface area contributed by atoms with Gasteiger partial charge in [0.2, 0.25) is 0 Å². The Balaban J connectivity index is 1.85. The SMILES string of the molecule is COc1cncc([C@@H](NC(=O)c2ccncc2Cl)C2CC(O)C2)c1. The summed E-state index contributed by atoms with van der Waals surface area (Å²) in [6, 6.07) is 3.15. The molecule has 1 aliphatic rings. The third kappa shape index (κ3) is 3.49. The minimum Gasteiger partial charge on any atom is -0.495 e. The fraction of sp³-hybridized carbons (Fsp3) is 0.353. The Morgan fingerprint density at radius 1 is 1.38 bits per heavy atom. The summed E-state index contributed by atoms with van der Waals surface area (Å²) >= 11 is 6.05. The summed E-state index contributed by atoms with van der Waals surface area (Å²) in [7, 11) is 1.57. The number of pyridine rings is 2. The number of carbonyl (C=O) groups excluding carboxylic acids is 1. The highest BCUT2D eigenvalue weighted by Crippen LogP contribution is 2.38. The molecule has 2 heterocycles. The Kier molecular flexibility index (Phi) is 4.97. The zero-order valence-electron chi connectivity index (χ0n) is 13.1. The Morgan fingerprint density at radius 3 is 2.83 bits per heavy atom. The van der Waals surface area contributed by atoms with Gasteiger partial charge in [0, 0.05) is 18.6 Å². The molecule has 0 spiro atoms. The molecule has 126 valence electrons. The Morgan fingerprint density at radius 2 is 2.17 bits per heavy atom. The molecule has 0 unspecified atom stereocenters. The lowest BCUT2D eigenvalue weighted by Gasteiger charge is -2.38. The number of halogens is 1. The van der Waals surface area contributed by atoms with Crippen molar-refractivity contribution >= 4 is 17.5 Å². The van der Waals surface area contributed by atoms with E-state index in [-0.39, 0.29) is 24.0 Å². The predicted octanol–water partition coefficient (Wildman–Crippen LogP) is 2.38. The van der Waals surface area contributed by atoms with Crippen LogP contribution in [0.25, 0.3) is 0 Å². The zero-order valence-corrected chi connectivity index (χ0v) is 13.9. The number of nitrogens with zero attached hydrogens (tertiary/aromatic N) is 2. The molecule has 2 aromatic heterocycles. The summed E-state index contributed by atoms with van der Waals surface area (Å²) in [6.45, 7) is 0. The first-order valence-corrected chi connectivity index (χ1v) is 8.03. The molecule has 1 aliphatic carbocycles. The lowest BCUT2D eigenvalue weighted by atomic mass is 9.75. The largest absolute Gasteiger partial charge is 0.495 e. The molecular formula is C17H18ClN3O3. The van der Waals surface area contributed by atoms with Gasteiger partial charge in [-0.05, 0) is 36.5 Å². The number of aromatic nitrogens is 2. The van der Waals surface area contributed by atoms with Gasteiger partial charge in [-0.1, -0.05) is 11.6 Å². The van der Waals surface area contributed by atoms with Crippen LogP contribution >= 0.6 is 11.6 Å². The van der Waals surface area contributed by atoms with Crippen molar-refractivity contribution in [3.05, 3.63) is 53.1 Å². The van der Waals surface area contributed by atoms with Crippen LogP contribution in [-0.2, 0) is 0 Å². The standard InChI is InChI=1S/C17H18ClN3O3/c1-24-13-6-11(7-20-8-13)16(10-4-12(22)5-10)21-17(23)14-2-3-19-9-15(14)18/h2-3,6-10,12,16,22H,4-5H2,1H3,(H,21,23)/t10?,12?,16-/m0/s1. The van der Waals surface area contributed by atoms with Gasteiger partial charge in [0.1, 0.15) is 5.75 Å². The summed E-state index contributed by atoms with van der Waals surface area (Å²) in [5.74, 6) is 0.476. The molecular weight excluding hydrogens is 330 g/mol. The number of aliphatic hydroxyl groups excluding tert-OH is 1. The van der Waals surface area contributed by atoms with Crippen molar-refractivity contribution in [2.24, 2.45) is 5.92 Å². The van der Waals surface area contributed by atoms with Crippen LogP contribution < -0.4 is 10.1 Å². The normalized spacial score (nSPS) is 20.8. The van der Waals surface area contributed by atoms with Crippen LogP contribution in [0, 0.1) is 5.92 Å². The molecule has 2 N–H and O–H groups in total. The molecule has 3 rings (SSSR count). The number of nitrogens with one attached hydrogen (secondary N) is 1. The van der Waals surface area contributed by atoms with Crippen LogP contribution in [0.15, 0.2) is 36.9 Å². The van der Waals surface area contributed by atoms with E-state index in [9.17, 15) is 9.90 Å². The van der Waals surface area contributed by atoms with Crippen molar-refractivity contribution in [3.63, 3.8) is 0 Å². The number of hydrogen-bond acceptors (Lipinski definition) is 5. The van der Waals surface area contributed by atoms with Gasteiger partial charge >= 0.3 is 0 Å². The van der Waals surface area contributed by atoms with Gasteiger partial charge in [-0.3, -0.25) is 14.8 Å². The van der Waals surface area contributed by atoms with Crippen molar-refractivity contribution in [2.75, 3.05) is 7.11 Å². The topological polar surface area (TPSA) is 84.3 Å². The zero-order chi connectivity index (χ0) is 17.1. The van der Waals surface area contributed by atoms with E-state index < -0.39 is 0 Å². The first-order valence-electron chi connectivity index (χ1n) is 7.66. The number of rotatable bonds is 5. The smallest absolute Gasteiger partial charge is 0.253 e. The maximum atomic E-state index is 12.6. The molecule has 0 bridgehead atoms. The lowest BCUT2D eigenvalue weighted by molar-refractivity contribution is 0.0234. The fourth-order valence-corrected chi connectivity index (χ4v) is 3.08. The van der Waals surface area contributed by atoms with Crippen molar-refractivity contribution in [2.45, 2.75) is 25.0 Å². The summed E-state index contributed by atoms with van der Waals surface area (Å²) < 4.78 is 5.21. The maximum Gasteiger partial charge on any atom is 0.253 e. The Labute approximate surface area is 144 Å². The molecule has 6 nitrogen and oxygen atoms in total. The molecule has 1 fully saturated rings. The van der Waals surface area contributed by atoms with Crippen LogP contribution in [0.4, 0.5) is 0 Å². The minimum atomic E-state index is -0.322. The van der Waals surface area contributed by atoms with Crippen molar-refractivity contribution < 1.29 is 14.6 Å². The highest BCUT2D eigenvalue weighted by molar-refractivity contribution is 6.33. The van der Waals surface area contributed by atoms with Gasteiger partial charge in [-0.15, -0.1) is 0 Å². The maximum absolute atomic E-state index is 12.6. The second kappa shape index (κ2) is 7.15. The minimum absolute atomic E-state index is 0.137. The van der Waals surface area contributed by atoms with Crippen LogP contribution in [0.5, 0.6) is 5.75 Å². The molecule has 2 aromatic rings. The molecule has 0 saturated heterocycles. The molecule has 1 amide bonds. The van der Waals surface area contributed by atoms with E-state index >= 15 is 0 Å². The lowest BCUT2D eigenvalue weighted by Crippen LogP contribution is -2.41. The summed E-state index contributed by atoms with van der Waals surface area (Å²) in [6.07, 6.45) is 7.21. The third-order valence-corrected chi connectivity index (χ3v) is 4.56. The second-order valence-corrected chi connectivity index (χ2v) is 6.26. The van der Waals surface area contributed by atoms with Gasteiger partial charge in [0.25, 0.3) is 5.91 Å². The molecule has 1 atom stereocenters. The number of ether oxygens (including phenoxy) is 1. The molecule has 7 heteroatoms. The number of aliphatic hydroxyl groups is 1. The number of amides is 1. The van der Waals surface area contributed by atoms with Crippen LogP contribution in [0.1, 0.15) is 34.8 Å². The van der Waals surface area contributed by atoms with E-state index in [1.807, 2.05) is 6.07 Å². The molecule has 0 radical (unpaired) electrons. The van der Waals surface area contributed by atoms with E-state index in [1.165, 1.54) is 12.4 Å². The highest BCUT2D eigenvalue weighted by atomic mass is 35.5. The summed E-state index contributed by atoms with van der Waals surface area (Å²) in [4.78, 5) is 20.6. The van der Waals surface area contributed by atoms with E-state index in [0.29, 0.717) is 29.2 Å². The summed E-state index contributed by atoms with van der Waals surface area (Å²) in [5, 5.41) is 12.9. The fourth-order valence-electron chi connectivity index (χ4n) is 2.87. The van der Waals surface area contributed by atoms with Gasteiger partial charge in [-0.25, -0.2) is 0 Å². The number of hydrogen-bond donors (Lipinski definition) is 2. The molecule has 0 aliphatic heterocycles. The van der Waals surface area contributed by atoms with Crippen molar-refractivity contribution in [1.29, 1.82) is 0 Å². The van der Waals surface area contributed by atoms with Crippen LogP contribution in [0.2, 0.25) is 5.02 Å². The van der Waals surface area contributed by atoms with E-state index in [2.05, 4.69) is 15.3 Å². The van der Waals surface area contributed by atoms with E-state index in [4.69, 9.17) is 16.3 Å². The summed E-state index contributed by atoms with van der Waals surface area (Å²) in [5.41, 5.74) is 1.21. The molecule has 0 aromatic carbocycles. The van der Waals surface area contributed by atoms with Gasteiger partial charge in [-0.2, -0.15) is 0 Å².